The minimum atomic E-state index is -4.42. The van der Waals surface area contributed by atoms with Crippen LogP contribution in [0.15, 0.2) is 29.3 Å². The second kappa shape index (κ2) is 11.2. The van der Waals surface area contributed by atoms with Crippen LogP contribution in [0.1, 0.15) is 24.8 Å². The Bertz CT molecular complexity index is 665. The number of nitrogens with zero attached hydrogens (tertiary/aromatic N) is 3. The lowest BCUT2D eigenvalue weighted by Crippen LogP contribution is -2.42. The molecular weight excluding hydrogens is 496 g/mol. The van der Waals surface area contributed by atoms with Gasteiger partial charge >= 0.3 is 6.18 Å². The minimum Gasteiger partial charge on any atom is -0.491 e. The summed E-state index contributed by atoms with van der Waals surface area (Å²) in [4.78, 5) is 9.08. The van der Waals surface area contributed by atoms with Gasteiger partial charge in [-0.3, -0.25) is 4.99 Å². The number of rotatable bonds is 6. The Morgan fingerprint density at radius 1 is 1.21 bits per heavy atom. The fraction of sp³-hybridized carbons (Fsp3) is 0.650. The van der Waals surface area contributed by atoms with E-state index < -0.39 is 11.7 Å². The zero-order valence-corrected chi connectivity index (χ0v) is 19.1. The third kappa shape index (κ3) is 6.91. The number of benzene rings is 1. The summed E-state index contributed by atoms with van der Waals surface area (Å²) in [6.07, 6.45) is -0.666. The summed E-state index contributed by atoms with van der Waals surface area (Å²) in [5.41, 5.74) is -0.747. The molecule has 5 nitrogen and oxygen atoms in total. The molecule has 2 aliphatic heterocycles. The molecule has 1 N–H and O–H groups in total. The van der Waals surface area contributed by atoms with Crippen LogP contribution in [0.4, 0.5) is 13.2 Å². The van der Waals surface area contributed by atoms with E-state index >= 15 is 0 Å². The molecule has 0 aromatic heterocycles. The van der Waals surface area contributed by atoms with Gasteiger partial charge < -0.3 is 19.9 Å². The van der Waals surface area contributed by atoms with Crippen LogP contribution in [0.25, 0.3) is 0 Å². The molecule has 2 heterocycles. The highest BCUT2D eigenvalue weighted by Crippen LogP contribution is 2.35. The van der Waals surface area contributed by atoms with Gasteiger partial charge in [0.25, 0.3) is 0 Å². The maximum atomic E-state index is 13.0. The van der Waals surface area contributed by atoms with Crippen molar-refractivity contribution in [2.75, 3.05) is 52.9 Å². The van der Waals surface area contributed by atoms with Crippen molar-refractivity contribution < 1.29 is 17.9 Å². The van der Waals surface area contributed by atoms with Crippen LogP contribution in [-0.2, 0) is 6.18 Å². The lowest BCUT2D eigenvalue weighted by atomic mass is 10.1. The fourth-order valence-corrected chi connectivity index (χ4v) is 3.99. The molecule has 0 amide bonds. The van der Waals surface area contributed by atoms with E-state index in [-0.39, 0.29) is 36.3 Å². The molecule has 9 heteroatoms. The Balaban J connectivity index is 0.00000300. The van der Waals surface area contributed by atoms with Crippen LogP contribution < -0.4 is 10.1 Å². The van der Waals surface area contributed by atoms with Gasteiger partial charge in [-0.15, -0.1) is 24.0 Å². The highest BCUT2D eigenvalue weighted by molar-refractivity contribution is 14.0. The van der Waals surface area contributed by atoms with Gasteiger partial charge in [0, 0.05) is 26.7 Å². The van der Waals surface area contributed by atoms with Crippen LogP contribution in [0, 0.1) is 5.92 Å². The number of para-hydroxylation sites is 1. The topological polar surface area (TPSA) is 40.1 Å². The molecule has 1 aromatic carbocycles. The molecule has 0 saturated carbocycles. The number of alkyl halides is 3. The van der Waals surface area contributed by atoms with Crippen molar-refractivity contribution in [2.24, 2.45) is 10.9 Å². The predicted molar refractivity (Wildman–Crippen MR) is 119 cm³/mol. The van der Waals surface area contributed by atoms with Crippen molar-refractivity contribution in [3.63, 3.8) is 0 Å². The number of guanidine groups is 1. The van der Waals surface area contributed by atoms with Gasteiger partial charge in [0.1, 0.15) is 12.4 Å². The second-order valence-electron chi connectivity index (χ2n) is 7.42. The maximum absolute atomic E-state index is 13.0. The van der Waals surface area contributed by atoms with Crippen molar-refractivity contribution in [3.05, 3.63) is 29.8 Å². The van der Waals surface area contributed by atoms with Crippen molar-refractivity contribution >= 4 is 29.9 Å². The summed E-state index contributed by atoms with van der Waals surface area (Å²) < 4.78 is 44.4. The molecule has 0 spiro atoms. The summed E-state index contributed by atoms with van der Waals surface area (Å²) in [6, 6.07) is 5.29. The first kappa shape index (κ1) is 24.0. The molecule has 1 aromatic rings. The van der Waals surface area contributed by atoms with Gasteiger partial charge in [-0.2, -0.15) is 13.2 Å². The van der Waals surface area contributed by atoms with E-state index in [4.69, 9.17) is 4.74 Å². The first-order chi connectivity index (χ1) is 13.5. The molecule has 0 aliphatic carbocycles. The maximum Gasteiger partial charge on any atom is 0.419 e. The van der Waals surface area contributed by atoms with E-state index in [2.05, 4.69) is 20.1 Å². The van der Waals surface area contributed by atoms with Crippen molar-refractivity contribution in [2.45, 2.75) is 25.4 Å². The van der Waals surface area contributed by atoms with Gasteiger partial charge in [-0.05, 0) is 50.4 Å². The Labute approximate surface area is 187 Å². The van der Waals surface area contributed by atoms with Gasteiger partial charge in [-0.25, -0.2) is 0 Å². The number of halogens is 4. The molecule has 1 unspecified atom stereocenters. The molecule has 29 heavy (non-hydrogen) atoms. The van der Waals surface area contributed by atoms with Crippen LogP contribution in [0.3, 0.4) is 0 Å². The predicted octanol–water partition coefficient (Wildman–Crippen LogP) is 3.70. The number of nitrogens with one attached hydrogen (secondary N) is 1. The van der Waals surface area contributed by atoms with Crippen molar-refractivity contribution in [1.82, 2.24) is 15.1 Å². The molecule has 0 bridgehead atoms. The van der Waals surface area contributed by atoms with E-state index in [9.17, 15) is 13.2 Å². The SMILES string of the molecule is CN=C(NCCOc1ccccc1C(F)(F)F)N1CCC(CN2CCCC2)C1.I. The number of hydrogen-bond acceptors (Lipinski definition) is 3. The normalized spacial score (nSPS) is 20.6. The Kier molecular flexibility index (Phi) is 9.32. The van der Waals surface area contributed by atoms with E-state index in [0.29, 0.717) is 12.5 Å². The third-order valence-electron chi connectivity index (χ3n) is 5.35. The lowest BCUT2D eigenvalue weighted by Gasteiger charge is -2.23. The van der Waals surface area contributed by atoms with Gasteiger partial charge in [0.15, 0.2) is 5.96 Å². The summed E-state index contributed by atoms with van der Waals surface area (Å²) in [6.45, 7) is 6.01. The Hall–Kier alpha value is -1.23. The molecule has 2 fully saturated rings. The minimum absolute atomic E-state index is 0. The van der Waals surface area contributed by atoms with E-state index in [0.717, 1.165) is 38.1 Å². The van der Waals surface area contributed by atoms with Crippen molar-refractivity contribution in [3.8, 4) is 5.75 Å². The highest BCUT2D eigenvalue weighted by Gasteiger charge is 2.34. The zero-order chi connectivity index (χ0) is 20.0. The monoisotopic (exact) mass is 526 g/mol. The van der Waals surface area contributed by atoms with Gasteiger partial charge in [-0.1, -0.05) is 12.1 Å². The van der Waals surface area contributed by atoms with Crippen LogP contribution >= 0.6 is 24.0 Å². The average Bonchev–Trinajstić information content (AvgIpc) is 3.34. The lowest BCUT2D eigenvalue weighted by molar-refractivity contribution is -0.138. The van der Waals surface area contributed by atoms with E-state index in [1.165, 1.54) is 38.1 Å². The summed E-state index contributed by atoms with van der Waals surface area (Å²) in [7, 11) is 1.73. The highest BCUT2D eigenvalue weighted by atomic mass is 127. The molecule has 3 rings (SSSR count). The molecule has 164 valence electrons. The Morgan fingerprint density at radius 2 is 1.93 bits per heavy atom. The third-order valence-corrected chi connectivity index (χ3v) is 5.35. The average molecular weight is 526 g/mol. The van der Waals surface area contributed by atoms with Crippen LogP contribution in [-0.4, -0.2) is 68.7 Å². The number of hydrogen-bond donors (Lipinski definition) is 1. The first-order valence-corrected chi connectivity index (χ1v) is 9.94. The van der Waals surface area contributed by atoms with E-state index in [1.807, 2.05) is 0 Å². The van der Waals surface area contributed by atoms with E-state index in [1.54, 1.807) is 13.1 Å². The Morgan fingerprint density at radius 3 is 2.62 bits per heavy atom. The number of likely N-dealkylation sites (tertiary alicyclic amines) is 2. The summed E-state index contributed by atoms with van der Waals surface area (Å²) in [5.74, 6) is 1.29. The fourth-order valence-electron chi connectivity index (χ4n) is 3.99. The van der Waals surface area contributed by atoms with Gasteiger partial charge in [0.2, 0.25) is 0 Å². The van der Waals surface area contributed by atoms with Crippen molar-refractivity contribution in [1.29, 1.82) is 0 Å². The molecule has 0 radical (unpaired) electrons. The summed E-state index contributed by atoms with van der Waals surface area (Å²) in [5, 5.41) is 3.21. The quantitative estimate of drug-likeness (QED) is 0.266. The standard InChI is InChI=1S/C20H29F3N4O.HI/c1-24-19(27-12-8-16(15-27)14-26-10-4-5-11-26)25-9-13-28-18-7-3-2-6-17(18)20(21,22)23;/h2-3,6-7,16H,4-5,8-15H2,1H3,(H,24,25);1H. The largest absolute Gasteiger partial charge is 0.491 e. The molecular formula is C20H30F3IN4O. The first-order valence-electron chi connectivity index (χ1n) is 9.94. The van der Waals surface area contributed by atoms with Gasteiger partial charge in [0.05, 0.1) is 12.1 Å². The second-order valence-corrected chi connectivity index (χ2v) is 7.42. The molecule has 2 saturated heterocycles. The van der Waals surface area contributed by atoms with Crippen LogP contribution in [0.2, 0.25) is 0 Å². The molecule has 1 atom stereocenters. The number of aliphatic imine (C=N–C) groups is 1. The summed E-state index contributed by atoms with van der Waals surface area (Å²) >= 11 is 0. The smallest absolute Gasteiger partial charge is 0.419 e. The van der Waals surface area contributed by atoms with Crippen LogP contribution in [0.5, 0.6) is 5.75 Å². The number of ether oxygens (including phenoxy) is 1. The molecule has 2 aliphatic rings. The zero-order valence-electron chi connectivity index (χ0n) is 16.7.